The van der Waals surface area contributed by atoms with Gasteiger partial charge in [-0.2, -0.15) is 0 Å². The third-order valence-corrected chi connectivity index (χ3v) is 4.13. The zero-order valence-electron chi connectivity index (χ0n) is 11.8. The Bertz CT molecular complexity index is 1050. The van der Waals surface area contributed by atoms with Crippen LogP contribution < -0.4 is 0 Å². The van der Waals surface area contributed by atoms with Crippen molar-refractivity contribution >= 4 is 32.8 Å². The number of hydrogen-bond acceptors (Lipinski definition) is 1. The molecule has 0 fully saturated rings. The molecule has 0 saturated heterocycles. The number of nitrogens with one attached hydrogen (secondary N) is 2. The van der Waals surface area contributed by atoms with Gasteiger partial charge in [-0.3, -0.25) is 0 Å². The van der Waals surface area contributed by atoms with Gasteiger partial charge < -0.3 is 9.97 Å². The van der Waals surface area contributed by atoms with Gasteiger partial charge in [-0.15, -0.1) is 0 Å². The third kappa shape index (κ3) is 1.66. The van der Waals surface area contributed by atoms with Crippen LogP contribution >= 0.6 is 0 Å². The highest BCUT2D eigenvalue weighted by Gasteiger charge is 2.08. The van der Waals surface area contributed by atoms with Gasteiger partial charge in [0.1, 0.15) is 5.65 Å². The quantitative estimate of drug-likeness (QED) is 0.453. The maximum absolute atomic E-state index is 4.71. The number of aromatic amines is 2. The Labute approximate surface area is 126 Å². The summed E-state index contributed by atoms with van der Waals surface area (Å²) in [7, 11) is 0. The second kappa shape index (κ2) is 4.21. The summed E-state index contributed by atoms with van der Waals surface area (Å²) in [5.74, 6) is 0. The Hall–Kier alpha value is -3.07. The largest absolute Gasteiger partial charge is 0.353 e. The first-order chi connectivity index (χ1) is 10.9. The second-order valence-corrected chi connectivity index (χ2v) is 5.57. The zero-order chi connectivity index (χ0) is 14.5. The zero-order valence-corrected chi connectivity index (χ0v) is 11.8. The van der Waals surface area contributed by atoms with Crippen LogP contribution in [0, 0.1) is 0 Å². The van der Waals surface area contributed by atoms with E-state index in [4.69, 9.17) is 4.98 Å². The lowest BCUT2D eigenvalue weighted by Gasteiger charge is -1.95. The fraction of sp³-hybridized carbons (Fsp3) is 0. The Morgan fingerprint density at radius 3 is 2.27 bits per heavy atom. The van der Waals surface area contributed by atoms with Crippen LogP contribution in [0.4, 0.5) is 0 Å². The van der Waals surface area contributed by atoms with E-state index < -0.39 is 0 Å². The molecule has 2 aromatic carbocycles. The molecule has 3 heterocycles. The van der Waals surface area contributed by atoms with Crippen LogP contribution in [0.2, 0.25) is 0 Å². The fourth-order valence-corrected chi connectivity index (χ4v) is 3.03. The molecule has 3 heteroatoms. The van der Waals surface area contributed by atoms with Gasteiger partial charge >= 0.3 is 0 Å². The lowest BCUT2D eigenvalue weighted by atomic mass is 10.2. The summed E-state index contributed by atoms with van der Waals surface area (Å²) < 4.78 is 0. The van der Waals surface area contributed by atoms with E-state index in [1.165, 1.54) is 5.39 Å². The molecular formula is C19H13N3. The minimum absolute atomic E-state index is 0.923. The number of nitrogens with zero attached hydrogens (tertiary/aromatic N) is 1. The molecule has 0 amide bonds. The second-order valence-electron chi connectivity index (χ2n) is 5.57. The van der Waals surface area contributed by atoms with Crippen LogP contribution in [0.25, 0.3) is 44.2 Å². The minimum Gasteiger partial charge on any atom is -0.353 e. The highest BCUT2D eigenvalue weighted by molar-refractivity contribution is 5.94. The highest BCUT2D eigenvalue weighted by Crippen LogP contribution is 2.27. The first-order valence-corrected chi connectivity index (χ1v) is 7.33. The summed E-state index contributed by atoms with van der Waals surface area (Å²) in [5.41, 5.74) is 5.24. The molecular weight excluding hydrogens is 270 g/mol. The first kappa shape index (κ1) is 11.6. The van der Waals surface area contributed by atoms with E-state index in [0.717, 1.165) is 38.8 Å². The van der Waals surface area contributed by atoms with Crippen molar-refractivity contribution in [3.63, 3.8) is 0 Å². The van der Waals surface area contributed by atoms with E-state index in [1.54, 1.807) is 0 Å². The molecule has 5 rings (SSSR count). The minimum atomic E-state index is 0.923. The first-order valence-electron chi connectivity index (χ1n) is 7.33. The molecule has 0 spiro atoms. The molecule has 0 saturated carbocycles. The lowest BCUT2D eigenvalue weighted by molar-refractivity contribution is 1.34. The fourth-order valence-electron chi connectivity index (χ4n) is 3.03. The molecule has 22 heavy (non-hydrogen) atoms. The van der Waals surface area contributed by atoms with E-state index in [1.807, 2.05) is 24.3 Å². The van der Waals surface area contributed by atoms with Gasteiger partial charge in [-0.1, -0.05) is 36.4 Å². The van der Waals surface area contributed by atoms with Crippen LogP contribution in [-0.4, -0.2) is 15.0 Å². The van der Waals surface area contributed by atoms with Gasteiger partial charge in [0.2, 0.25) is 0 Å². The number of rotatable bonds is 1. The SMILES string of the molecule is c1ccc2nc3[nH]c(-c4cc5ccccc5[nH]4)cc3cc2c1. The van der Waals surface area contributed by atoms with Gasteiger partial charge in [0.15, 0.2) is 0 Å². The van der Waals surface area contributed by atoms with Gasteiger partial charge in [0.25, 0.3) is 0 Å². The Balaban J connectivity index is 1.75. The number of benzene rings is 2. The number of aromatic nitrogens is 3. The summed E-state index contributed by atoms with van der Waals surface area (Å²) in [6, 6.07) is 23.0. The molecule has 0 radical (unpaired) electrons. The van der Waals surface area contributed by atoms with Gasteiger partial charge in [-0.25, -0.2) is 4.98 Å². The van der Waals surface area contributed by atoms with Gasteiger partial charge in [0.05, 0.1) is 16.9 Å². The Kier molecular flexibility index (Phi) is 2.22. The average Bonchev–Trinajstić information content (AvgIpc) is 3.15. The molecule has 0 unspecified atom stereocenters. The molecule has 5 aromatic rings. The number of fused-ring (bicyclic) bond motifs is 3. The average molecular weight is 283 g/mol. The molecule has 0 bridgehead atoms. The number of para-hydroxylation sites is 2. The van der Waals surface area contributed by atoms with Crippen molar-refractivity contribution in [1.29, 1.82) is 0 Å². The normalized spacial score (nSPS) is 11.6. The maximum atomic E-state index is 4.71. The number of pyridine rings is 1. The molecule has 0 aliphatic carbocycles. The monoisotopic (exact) mass is 283 g/mol. The van der Waals surface area contributed by atoms with E-state index in [0.29, 0.717) is 0 Å². The smallest absolute Gasteiger partial charge is 0.138 e. The van der Waals surface area contributed by atoms with Crippen molar-refractivity contribution in [3.05, 3.63) is 66.7 Å². The van der Waals surface area contributed by atoms with E-state index >= 15 is 0 Å². The van der Waals surface area contributed by atoms with E-state index in [2.05, 4.69) is 52.4 Å². The molecule has 0 aliphatic rings. The summed E-state index contributed by atoms with van der Waals surface area (Å²) in [5, 5.41) is 3.51. The molecule has 0 aliphatic heterocycles. The maximum Gasteiger partial charge on any atom is 0.138 e. The Morgan fingerprint density at radius 2 is 1.36 bits per heavy atom. The molecule has 3 nitrogen and oxygen atoms in total. The molecule has 104 valence electrons. The van der Waals surface area contributed by atoms with Gasteiger partial charge in [-0.05, 0) is 30.3 Å². The number of H-pyrrole nitrogens is 2. The number of hydrogen-bond donors (Lipinski definition) is 2. The van der Waals surface area contributed by atoms with Crippen molar-refractivity contribution in [2.45, 2.75) is 0 Å². The topological polar surface area (TPSA) is 44.5 Å². The van der Waals surface area contributed by atoms with Crippen LogP contribution in [0.15, 0.2) is 66.7 Å². The van der Waals surface area contributed by atoms with Crippen LogP contribution in [-0.2, 0) is 0 Å². The molecule has 0 atom stereocenters. The highest BCUT2D eigenvalue weighted by atomic mass is 14.9. The van der Waals surface area contributed by atoms with Crippen LogP contribution in [0.3, 0.4) is 0 Å². The van der Waals surface area contributed by atoms with Crippen LogP contribution in [0.1, 0.15) is 0 Å². The summed E-state index contributed by atoms with van der Waals surface area (Å²) >= 11 is 0. The predicted octanol–water partition coefficient (Wildman–Crippen LogP) is 4.86. The van der Waals surface area contributed by atoms with Crippen molar-refractivity contribution < 1.29 is 0 Å². The van der Waals surface area contributed by atoms with E-state index in [-0.39, 0.29) is 0 Å². The Morgan fingerprint density at radius 1 is 0.636 bits per heavy atom. The summed E-state index contributed by atoms with van der Waals surface area (Å²) in [6.07, 6.45) is 0. The van der Waals surface area contributed by atoms with Crippen molar-refractivity contribution in [3.8, 4) is 11.4 Å². The molecule has 2 N–H and O–H groups in total. The predicted molar refractivity (Wildman–Crippen MR) is 90.9 cm³/mol. The van der Waals surface area contributed by atoms with Crippen molar-refractivity contribution in [1.82, 2.24) is 15.0 Å². The lowest BCUT2D eigenvalue weighted by Crippen LogP contribution is -1.80. The van der Waals surface area contributed by atoms with Crippen molar-refractivity contribution in [2.75, 3.05) is 0 Å². The van der Waals surface area contributed by atoms with Gasteiger partial charge in [0, 0.05) is 21.7 Å². The molecule has 3 aromatic heterocycles. The van der Waals surface area contributed by atoms with Crippen molar-refractivity contribution in [2.24, 2.45) is 0 Å². The van der Waals surface area contributed by atoms with E-state index in [9.17, 15) is 0 Å². The standard InChI is InChI=1S/C19H13N3/c1-4-8-16-12(5-1)9-14-11-18(22-19(14)21-16)17-10-13-6-2-3-7-15(13)20-17/h1-11,20H,(H,21,22). The summed E-state index contributed by atoms with van der Waals surface area (Å²) in [4.78, 5) is 11.6. The summed E-state index contributed by atoms with van der Waals surface area (Å²) in [6.45, 7) is 0. The third-order valence-electron chi connectivity index (χ3n) is 4.13. The van der Waals surface area contributed by atoms with Crippen LogP contribution in [0.5, 0.6) is 0 Å².